The van der Waals surface area contributed by atoms with E-state index in [9.17, 15) is 9.18 Å². The second-order valence-electron chi connectivity index (χ2n) is 3.50. The van der Waals surface area contributed by atoms with Gasteiger partial charge in [-0.3, -0.25) is 0 Å². The number of carboxylic acid groups (broad SMARTS) is 1. The third kappa shape index (κ3) is 2.63. The van der Waals surface area contributed by atoms with Gasteiger partial charge < -0.3 is 5.11 Å². The smallest absolute Gasteiger partial charge is 0.337 e. The summed E-state index contributed by atoms with van der Waals surface area (Å²) in [5, 5.41) is 16.4. The number of halogens is 1. The molecular weight excluding hydrogens is 223 g/mol. The lowest BCUT2D eigenvalue weighted by molar-refractivity contribution is 0.0695. The van der Waals surface area contributed by atoms with Crippen molar-refractivity contribution in [2.75, 3.05) is 0 Å². The third-order valence-corrected chi connectivity index (χ3v) is 2.31. The van der Waals surface area contributed by atoms with Gasteiger partial charge in [0.25, 0.3) is 0 Å². The molecule has 0 radical (unpaired) electrons. The van der Waals surface area contributed by atoms with Gasteiger partial charge in [0, 0.05) is 6.42 Å². The molecule has 0 unspecified atom stereocenters. The van der Waals surface area contributed by atoms with Crippen LogP contribution < -0.4 is 0 Å². The molecule has 0 bridgehead atoms. The number of benzene rings is 1. The van der Waals surface area contributed by atoms with E-state index in [1.165, 1.54) is 24.4 Å². The van der Waals surface area contributed by atoms with E-state index in [4.69, 9.17) is 5.11 Å². The summed E-state index contributed by atoms with van der Waals surface area (Å²) < 4.78 is 12.7. The molecule has 86 valence electrons. The fourth-order valence-corrected chi connectivity index (χ4v) is 1.48. The van der Waals surface area contributed by atoms with Crippen LogP contribution in [0.25, 0.3) is 0 Å². The predicted octanol–water partition coefficient (Wildman–Crippen LogP) is 1.90. The van der Waals surface area contributed by atoms with Crippen LogP contribution in [0.15, 0.2) is 36.5 Å². The molecule has 0 spiro atoms. The molecule has 2 aromatic rings. The number of aromatic nitrogens is 2. The Hall–Kier alpha value is -2.30. The van der Waals surface area contributed by atoms with Crippen LogP contribution in [0.3, 0.4) is 0 Å². The van der Waals surface area contributed by atoms with E-state index >= 15 is 0 Å². The van der Waals surface area contributed by atoms with Crippen LogP contribution in [0, 0.1) is 5.82 Å². The Labute approximate surface area is 96.7 Å². The Bertz CT molecular complexity index is 540. The summed E-state index contributed by atoms with van der Waals surface area (Å²) in [5.74, 6) is -1.37. The van der Waals surface area contributed by atoms with Gasteiger partial charge >= 0.3 is 5.97 Å². The van der Waals surface area contributed by atoms with Gasteiger partial charge in [-0.2, -0.15) is 10.2 Å². The maximum atomic E-state index is 12.7. The number of rotatable bonds is 3. The van der Waals surface area contributed by atoms with E-state index in [1.807, 2.05) is 0 Å². The summed E-state index contributed by atoms with van der Waals surface area (Å²) in [6, 6.07) is 7.23. The van der Waals surface area contributed by atoms with Crippen LogP contribution in [-0.2, 0) is 6.42 Å². The Balaban J connectivity index is 2.30. The highest BCUT2D eigenvalue weighted by atomic mass is 19.1. The van der Waals surface area contributed by atoms with E-state index < -0.39 is 5.97 Å². The number of carbonyl (C=O) groups is 1. The molecule has 0 amide bonds. The third-order valence-electron chi connectivity index (χ3n) is 2.31. The lowest BCUT2D eigenvalue weighted by Crippen LogP contribution is -2.06. The second-order valence-corrected chi connectivity index (χ2v) is 3.50. The first-order valence-corrected chi connectivity index (χ1v) is 4.95. The van der Waals surface area contributed by atoms with Crippen molar-refractivity contribution < 1.29 is 14.3 Å². The van der Waals surface area contributed by atoms with Gasteiger partial charge in [-0.15, -0.1) is 0 Å². The van der Waals surface area contributed by atoms with Gasteiger partial charge in [0.1, 0.15) is 5.82 Å². The molecule has 5 heteroatoms. The van der Waals surface area contributed by atoms with Crippen LogP contribution in [0.4, 0.5) is 4.39 Å². The molecule has 0 fully saturated rings. The molecule has 0 aliphatic rings. The lowest BCUT2D eigenvalue weighted by Gasteiger charge is -2.03. The fraction of sp³-hybridized carbons (Fsp3) is 0.0833. The van der Waals surface area contributed by atoms with Crippen molar-refractivity contribution in [3.05, 3.63) is 59.2 Å². The minimum Gasteiger partial charge on any atom is -0.478 e. The molecule has 1 aromatic heterocycles. The van der Waals surface area contributed by atoms with Crippen LogP contribution in [-0.4, -0.2) is 21.3 Å². The Morgan fingerprint density at radius 1 is 1.24 bits per heavy atom. The quantitative estimate of drug-likeness (QED) is 0.877. The van der Waals surface area contributed by atoms with Crippen molar-refractivity contribution in [1.29, 1.82) is 0 Å². The molecule has 0 saturated heterocycles. The summed E-state index contributed by atoms with van der Waals surface area (Å²) in [4.78, 5) is 10.9. The van der Waals surface area contributed by atoms with Crippen LogP contribution in [0.5, 0.6) is 0 Å². The highest BCUT2D eigenvalue weighted by Crippen LogP contribution is 2.11. The fourth-order valence-electron chi connectivity index (χ4n) is 1.48. The SMILES string of the molecule is O=C(O)c1ccnnc1Cc1ccc(F)cc1. The van der Waals surface area contributed by atoms with Crippen LogP contribution >= 0.6 is 0 Å². The van der Waals surface area contributed by atoms with Crippen molar-refractivity contribution >= 4 is 5.97 Å². The van der Waals surface area contributed by atoms with Crippen molar-refractivity contribution in [3.63, 3.8) is 0 Å². The van der Waals surface area contributed by atoms with Crippen molar-refractivity contribution in [3.8, 4) is 0 Å². The van der Waals surface area contributed by atoms with E-state index in [2.05, 4.69) is 10.2 Å². The van der Waals surface area contributed by atoms with Crippen LogP contribution in [0.2, 0.25) is 0 Å². The summed E-state index contributed by atoms with van der Waals surface area (Å²) in [6.07, 6.45) is 1.65. The second kappa shape index (κ2) is 4.69. The maximum absolute atomic E-state index is 12.7. The normalized spacial score (nSPS) is 10.2. The first-order chi connectivity index (χ1) is 8.16. The minimum absolute atomic E-state index is 0.115. The van der Waals surface area contributed by atoms with E-state index in [0.717, 1.165) is 5.56 Å². The Morgan fingerprint density at radius 3 is 2.59 bits per heavy atom. The summed E-state index contributed by atoms with van der Waals surface area (Å²) in [5.41, 5.74) is 1.27. The molecule has 0 atom stereocenters. The van der Waals surface area contributed by atoms with Crippen molar-refractivity contribution in [2.24, 2.45) is 0 Å². The standard InChI is InChI=1S/C12H9FN2O2/c13-9-3-1-8(2-4-9)7-11-10(12(16)17)5-6-14-15-11/h1-6H,7H2,(H,16,17). The van der Waals surface area contributed by atoms with Gasteiger partial charge in [-0.05, 0) is 23.8 Å². The molecule has 0 aliphatic carbocycles. The largest absolute Gasteiger partial charge is 0.478 e. The molecule has 1 aromatic carbocycles. The summed E-state index contributed by atoms with van der Waals surface area (Å²) >= 11 is 0. The van der Waals surface area contributed by atoms with Crippen molar-refractivity contribution in [2.45, 2.75) is 6.42 Å². The van der Waals surface area contributed by atoms with E-state index in [0.29, 0.717) is 12.1 Å². The highest BCUT2D eigenvalue weighted by Gasteiger charge is 2.11. The average molecular weight is 232 g/mol. The zero-order chi connectivity index (χ0) is 12.3. The number of hydrogen-bond acceptors (Lipinski definition) is 3. The summed E-state index contributed by atoms with van der Waals surface area (Å²) in [7, 11) is 0. The summed E-state index contributed by atoms with van der Waals surface area (Å²) in [6.45, 7) is 0. The molecule has 4 nitrogen and oxygen atoms in total. The maximum Gasteiger partial charge on any atom is 0.337 e. The van der Waals surface area contributed by atoms with Gasteiger partial charge in [-0.25, -0.2) is 9.18 Å². The molecule has 1 heterocycles. The molecule has 17 heavy (non-hydrogen) atoms. The molecular formula is C12H9FN2O2. The van der Waals surface area contributed by atoms with Gasteiger partial charge in [-0.1, -0.05) is 12.1 Å². The van der Waals surface area contributed by atoms with Crippen LogP contribution in [0.1, 0.15) is 21.6 Å². The number of nitrogens with zero attached hydrogens (tertiary/aromatic N) is 2. The molecule has 0 saturated carbocycles. The van der Waals surface area contributed by atoms with Gasteiger partial charge in [0.05, 0.1) is 17.5 Å². The minimum atomic E-state index is -1.04. The van der Waals surface area contributed by atoms with E-state index in [1.54, 1.807) is 12.1 Å². The zero-order valence-corrected chi connectivity index (χ0v) is 8.80. The zero-order valence-electron chi connectivity index (χ0n) is 8.80. The number of aromatic carboxylic acids is 1. The lowest BCUT2D eigenvalue weighted by atomic mass is 10.1. The van der Waals surface area contributed by atoms with Gasteiger partial charge in [0.15, 0.2) is 0 Å². The van der Waals surface area contributed by atoms with Crippen molar-refractivity contribution in [1.82, 2.24) is 10.2 Å². The monoisotopic (exact) mass is 232 g/mol. The Kier molecular flexibility index (Phi) is 3.09. The van der Waals surface area contributed by atoms with E-state index in [-0.39, 0.29) is 11.4 Å². The number of carboxylic acids is 1. The topological polar surface area (TPSA) is 63.1 Å². The Morgan fingerprint density at radius 2 is 1.94 bits per heavy atom. The molecule has 0 aliphatic heterocycles. The predicted molar refractivity (Wildman–Crippen MR) is 58.2 cm³/mol. The number of hydrogen-bond donors (Lipinski definition) is 1. The molecule has 1 N–H and O–H groups in total. The molecule has 2 rings (SSSR count). The highest BCUT2D eigenvalue weighted by molar-refractivity contribution is 5.88. The first kappa shape index (κ1) is 11.2. The average Bonchev–Trinajstić information content (AvgIpc) is 2.32. The van der Waals surface area contributed by atoms with Gasteiger partial charge in [0.2, 0.25) is 0 Å². The first-order valence-electron chi connectivity index (χ1n) is 4.95.